The lowest BCUT2D eigenvalue weighted by Gasteiger charge is -2.13. The van der Waals surface area contributed by atoms with Crippen molar-refractivity contribution in [1.82, 2.24) is 10.6 Å². The molecule has 0 aliphatic carbocycles. The van der Waals surface area contributed by atoms with E-state index < -0.39 is 12.0 Å². The molecule has 1 amide bonds. The minimum atomic E-state index is -0.971. The molecule has 5 nitrogen and oxygen atoms in total. The van der Waals surface area contributed by atoms with Crippen molar-refractivity contribution in [3.05, 3.63) is 0 Å². The van der Waals surface area contributed by atoms with E-state index in [1.807, 2.05) is 6.26 Å². The van der Waals surface area contributed by atoms with Gasteiger partial charge in [0.05, 0.1) is 0 Å². The molecule has 0 aliphatic rings. The molecular weight excluding hydrogens is 216 g/mol. The van der Waals surface area contributed by atoms with E-state index in [1.54, 1.807) is 18.8 Å². The van der Waals surface area contributed by atoms with Gasteiger partial charge in [0, 0.05) is 13.0 Å². The highest BCUT2D eigenvalue weighted by Gasteiger charge is 2.18. The zero-order valence-corrected chi connectivity index (χ0v) is 9.89. The van der Waals surface area contributed by atoms with Gasteiger partial charge >= 0.3 is 5.97 Å². The Morgan fingerprint density at radius 3 is 2.60 bits per heavy atom. The molecule has 0 aromatic rings. The van der Waals surface area contributed by atoms with Crippen molar-refractivity contribution in [3.8, 4) is 0 Å². The van der Waals surface area contributed by atoms with E-state index in [1.165, 1.54) is 0 Å². The number of carboxylic acid groups (broad SMARTS) is 1. The number of aliphatic carboxylic acids is 1. The Kier molecular flexibility index (Phi) is 8.12. The highest BCUT2D eigenvalue weighted by atomic mass is 32.2. The largest absolute Gasteiger partial charge is 0.480 e. The molecule has 0 saturated carbocycles. The van der Waals surface area contributed by atoms with Crippen molar-refractivity contribution in [2.45, 2.75) is 18.9 Å². The van der Waals surface area contributed by atoms with Gasteiger partial charge in [0.2, 0.25) is 5.91 Å². The number of rotatable bonds is 8. The summed E-state index contributed by atoms with van der Waals surface area (Å²) >= 11 is 1.57. The SMILES string of the molecule is CNCCC(=O)N[C@@H](CCSC)C(=O)O. The Morgan fingerprint density at radius 2 is 2.13 bits per heavy atom. The maximum Gasteiger partial charge on any atom is 0.326 e. The standard InChI is InChI=1S/C9H18N2O3S/c1-10-5-3-8(12)11-7(9(13)14)4-6-15-2/h7,10H,3-6H2,1-2H3,(H,11,12)(H,13,14)/t7-/m0/s1. The first kappa shape index (κ1) is 14.2. The third-order valence-electron chi connectivity index (χ3n) is 1.85. The van der Waals surface area contributed by atoms with Gasteiger partial charge in [-0.3, -0.25) is 4.79 Å². The van der Waals surface area contributed by atoms with Crippen LogP contribution < -0.4 is 10.6 Å². The van der Waals surface area contributed by atoms with Gasteiger partial charge in [-0.05, 0) is 25.5 Å². The van der Waals surface area contributed by atoms with Crippen LogP contribution in [0.5, 0.6) is 0 Å². The fourth-order valence-corrected chi connectivity index (χ4v) is 1.47. The maximum atomic E-state index is 11.3. The van der Waals surface area contributed by atoms with Crippen LogP contribution in [-0.4, -0.2) is 48.6 Å². The molecular formula is C9H18N2O3S. The Balaban J connectivity index is 3.93. The summed E-state index contributed by atoms with van der Waals surface area (Å²) in [5, 5.41) is 14.2. The topological polar surface area (TPSA) is 78.4 Å². The van der Waals surface area contributed by atoms with Crippen molar-refractivity contribution < 1.29 is 14.7 Å². The number of hydrogen-bond acceptors (Lipinski definition) is 4. The average Bonchev–Trinajstić information content (AvgIpc) is 2.20. The van der Waals surface area contributed by atoms with Crippen LogP contribution in [0.4, 0.5) is 0 Å². The van der Waals surface area contributed by atoms with Crippen molar-refractivity contribution in [3.63, 3.8) is 0 Å². The maximum absolute atomic E-state index is 11.3. The average molecular weight is 234 g/mol. The second kappa shape index (κ2) is 8.55. The molecule has 0 heterocycles. The third-order valence-corrected chi connectivity index (χ3v) is 2.49. The molecule has 3 N–H and O–H groups in total. The smallest absolute Gasteiger partial charge is 0.326 e. The van der Waals surface area contributed by atoms with Crippen LogP contribution in [0.1, 0.15) is 12.8 Å². The van der Waals surface area contributed by atoms with Gasteiger partial charge in [-0.25, -0.2) is 4.79 Å². The summed E-state index contributed by atoms with van der Waals surface area (Å²) in [5.41, 5.74) is 0. The first-order valence-corrected chi connectivity index (χ1v) is 6.17. The lowest BCUT2D eigenvalue weighted by molar-refractivity contribution is -0.141. The summed E-state index contributed by atoms with van der Waals surface area (Å²) in [6.07, 6.45) is 2.67. The predicted molar refractivity (Wildman–Crippen MR) is 61.1 cm³/mol. The molecule has 0 bridgehead atoms. The number of carbonyl (C=O) groups is 2. The van der Waals surface area contributed by atoms with E-state index in [2.05, 4.69) is 10.6 Å². The number of thioether (sulfide) groups is 1. The molecule has 15 heavy (non-hydrogen) atoms. The first-order valence-electron chi connectivity index (χ1n) is 4.77. The summed E-state index contributed by atoms with van der Waals surface area (Å²) < 4.78 is 0. The number of amides is 1. The zero-order chi connectivity index (χ0) is 11.7. The van der Waals surface area contributed by atoms with Crippen LogP contribution in [-0.2, 0) is 9.59 Å². The van der Waals surface area contributed by atoms with Crippen LogP contribution >= 0.6 is 11.8 Å². The highest BCUT2D eigenvalue weighted by Crippen LogP contribution is 2.01. The summed E-state index contributed by atoms with van der Waals surface area (Å²) in [4.78, 5) is 22.0. The Labute approximate surface area is 94.0 Å². The van der Waals surface area contributed by atoms with Gasteiger partial charge in [-0.2, -0.15) is 11.8 Å². The summed E-state index contributed by atoms with van der Waals surface area (Å²) in [5.74, 6) is -0.469. The summed E-state index contributed by atoms with van der Waals surface area (Å²) in [6.45, 7) is 0.556. The molecule has 1 atom stereocenters. The van der Waals surface area contributed by atoms with E-state index in [4.69, 9.17) is 5.11 Å². The van der Waals surface area contributed by atoms with E-state index >= 15 is 0 Å². The van der Waals surface area contributed by atoms with Crippen molar-refractivity contribution in [1.29, 1.82) is 0 Å². The van der Waals surface area contributed by atoms with Gasteiger partial charge in [0.15, 0.2) is 0 Å². The van der Waals surface area contributed by atoms with Gasteiger partial charge in [0.1, 0.15) is 6.04 Å². The van der Waals surface area contributed by atoms with Crippen LogP contribution in [0, 0.1) is 0 Å². The zero-order valence-electron chi connectivity index (χ0n) is 9.08. The van der Waals surface area contributed by atoms with Crippen LogP contribution in [0.25, 0.3) is 0 Å². The van der Waals surface area contributed by atoms with Gasteiger partial charge in [-0.1, -0.05) is 0 Å². The van der Waals surface area contributed by atoms with E-state index in [-0.39, 0.29) is 5.91 Å². The van der Waals surface area contributed by atoms with Crippen molar-refractivity contribution >= 4 is 23.6 Å². The molecule has 0 aromatic carbocycles. The summed E-state index contributed by atoms with van der Waals surface area (Å²) in [7, 11) is 1.75. The number of carbonyl (C=O) groups excluding carboxylic acids is 1. The van der Waals surface area contributed by atoms with Crippen molar-refractivity contribution in [2.75, 3.05) is 25.6 Å². The van der Waals surface area contributed by atoms with Gasteiger partial charge < -0.3 is 15.7 Å². The van der Waals surface area contributed by atoms with E-state index in [0.717, 1.165) is 5.75 Å². The van der Waals surface area contributed by atoms with Crippen LogP contribution in [0.3, 0.4) is 0 Å². The first-order chi connectivity index (χ1) is 7.11. The molecule has 0 spiro atoms. The van der Waals surface area contributed by atoms with Gasteiger partial charge in [-0.15, -0.1) is 0 Å². The monoisotopic (exact) mass is 234 g/mol. The lowest BCUT2D eigenvalue weighted by atomic mass is 10.2. The number of nitrogens with one attached hydrogen (secondary N) is 2. The Hall–Kier alpha value is -0.750. The Morgan fingerprint density at radius 1 is 1.47 bits per heavy atom. The minimum Gasteiger partial charge on any atom is -0.480 e. The fourth-order valence-electron chi connectivity index (χ4n) is 0.998. The van der Waals surface area contributed by atoms with Crippen LogP contribution in [0.2, 0.25) is 0 Å². The van der Waals surface area contributed by atoms with Crippen LogP contribution in [0.15, 0.2) is 0 Å². The molecule has 6 heteroatoms. The Bertz CT molecular complexity index is 212. The van der Waals surface area contributed by atoms with Gasteiger partial charge in [0.25, 0.3) is 0 Å². The highest BCUT2D eigenvalue weighted by molar-refractivity contribution is 7.98. The number of carboxylic acids is 1. The van der Waals surface area contributed by atoms with E-state index in [9.17, 15) is 9.59 Å². The van der Waals surface area contributed by atoms with Crippen molar-refractivity contribution in [2.24, 2.45) is 0 Å². The molecule has 0 aromatic heterocycles. The summed E-state index contributed by atoms with van der Waals surface area (Å²) in [6, 6.07) is -0.762. The molecule has 0 fully saturated rings. The minimum absolute atomic E-state index is 0.224. The molecule has 0 unspecified atom stereocenters. The second-order valence-corrected chi connectivity index (χ2v) is 4.08. The van der Waals surface area contributed by atoms with E-state index in [0.29, 0.717) is 19.4 Å². The molecule has 0 rings (SSSR count). The lowest BCUT2D eigenvalue weighted by Crippen LogP contribution is -2.41. The molecule has 0 saturated heterocycles. The second-order valence-electron chi connectivity index (χ2n) is 3.09. The normalized spacial score (nSPS) is 12.1. The molecule has 0 aliphatic heterocycles. The number of hydrogen-bond donors (Lipinski definition) is 3. The fraction of sp³-hybridized carbons (Fsp3) is 0.778. The third kappa shape index (κ3) is 7.21. The predicted octanol–water partition coefficient (Wildman–Crippen LogP) is -0.0816. The quantitative estimate of drug-likeness (QED) is 0.547. The molecule has 0 radical (unpaired) electrons. The molecule has 88 valence electrons.